The zero-order chi connectivity index (χ0) is 46.6. The Morgan fingerprint density at radius 2 is 0.855 bits per heavy atom. The van der Waals surface area contributed by atoms with Crippen molar-refractivity contribution < 1.29 is 56.0 Å². The smallest absolute Gasteiger partial charge is 0.870 e. The predicted octanol–water partition coefficient (Wildman–Crippen LogP) is 13.8. The molecule has 0 aliphatic carbocycles. The number of rotatable bonds is 11. The van der Waals surface area contributed by atoms with Crippen LogP contribution in [0, 0.1) is 27.7 Å². The van der Waals surface area contributed by atoms with Gasteiger partial charge in [0.05, 0.1) is 17.1 Å². The Morgan fingerprint density at radius 1 is 0.548 bits per heavy atom. The molecule has 0 bridgehead atoms. The van der Waals surface area contributed by atoms with Gasteiger partial charge in [-0.05, 0) is 126 Å². The van der Waals surface area contributed by atoms with Gasteiger partial charge in [-0.25, -0.2) is 9.59 Å². The average Bonchev–Trinajstić information content (AvgIpc) is 3.13. The van der Waals surface area contributed by atoms with E-state index in [4.69, 9.17) is 24.7 Å². The largest absolute Gasteiger partial charge is 2.00 e. The number of nitrogens with zero attached hydrogens (tertiary/aromatic N) is 2. The van der Waals surface area contributed by atoms with Gasteiger partial charge in [0, 0.05) is 6.21 Å². The fourth-order valence-electron chi connectivity index (χ4n) is 7.13. The molecule has 0 radical (unpaired) electrons. The molecule has 4 aromatic rings. The third kappa shape index (κ3) is 14.7. The van der Waals surface area contributed by atoms with Crippen molar-refractivity contribution in [1.29, 1.82) is 0 Å². The first-order chi connectivity index (χ1) is 28.3. The summed E-state index contributed by atoms with van der Waals surface area (Å²) in [4.78, 5) is 31.0. The molecule has 2 N–H and O–H groups in total. The molecule has 0 spiro atoms. The number of aryl methyl sites for hydroxylation is 4. The van der Waals surface area contributed by atoms with E-state index in [-0.39, 0.29) is 75.0 Å². The Morgan fingerprint density at radius 3 is 1.13 bits per heavy atom. The monoisotopic (exact) mass is 894 g/mol. The Kier molecular flexibility index (Phi) is 21.7. The number of benzene rings is 4. The van der Waals surface area contributed by atoms with E-state index in [1.807, 2.05) is 108 Å². The molecule has 4 aromatic carbocycles. The van der Waals surface area contributed by atoms with Crippen LogP contribution in [0.3, 0.4) is 0 Å². The van der Waals surface area contributed by atoms with Crippen LogP contribution in [0.5, 0.6) is 23.0 Å². The second-order valence-corrected chi connectivity index (χ2v) is 17.4. The molecule has 0 aliphatic rings. The van der Waals surface area contributed by atoms with Crippen molar-refractivity contribution >= 4 is 35.6 Å². The first kappa shape index (κ1) is 54.9. The van der Waals surface area contributed by atoms with Crippen molar-refractivity contribution in [2.45, 2.75) is 153 Å². The van der Waals surface area contributed by atoms with E-state index in [1.165, 1.54) is 22.3 Å². The van der Waals surface area contributed by atoms with Gasteiger partial charge in [0.25, 0.3) is 0 Å². The Balaban J connectivity index is 0.000000462. The number of para-hydroxylation sites is 2. The zero-order valence-electron chi connectivity index (χ0n) is 39.7. The molecule has 0 fully saturated rings. The fourth-order valence-corrected chi connectivity index (χ4v) is 7.13. The normalized spacial score (nSPS) is 11.5. The number of hydrogen-bond donors (Lipinski definition) is 2. The second-order valence-electron chi connectivity index (χ2n) is 17.4. The van der Waals surface area contributed by atoms with Crippen LogP contribution in [0.15, 0.2) is 58.5 Å². The van der Waals surface area contributed by atoms with Crippen molar-refractivity contribution in [2.75, 3.05) is 0 Å². The summed E-state index contributed by atoms with van der Waals surface area (Å²) < 4.78 is 9.53. The van der Waals surface area contributed by atoms with Gasteiger partial charge in [0.1, 0.15) is 11.5 Å². The van der Waals surface area contributed by atoms with Gasteiger partial charge in [-0.3, -0.25) is 9.98 Å². The molecule has 11 heteroatoms. The summed E-state index contributed by atoms with van der Waals surface area (Å²) in [5.41, 5.74) is 12.3. The molecule has 0 amide bonds. The van der Waals surface area contributed by atoms with E-state index in [0.717, 1.165) is 28.2 Å². The summed E-state index contributed by atoms with van der Waals surface area (Å²) in [6, 6.07) is 16.3. The first-order valence-electron chi connectivity index (χ1n) is 21.1. The number of carboxylic acid groups (broad SMARTS) is 2. The minimum Gasteiger partial charge on any atom is -0.870 e. The molecule has 0 aliphatic heterocycles. The quantitative estimate of drug-likeness (QED) is 0.0650. The molecule has 62 heavy (non-hydrogen) atoms. The third-order valence-corrected chi connectivity index (χ3v) is 10.2. The minimum absolute atomic E-state index is 0. The van der Waals surface area contributed by atoms with E-state index >= 15 is 0 Å². The molecule has 0 atom stereocenters. The Labute approximate surface area is 380 Å². The van der Waals surface area contributed by atoms with Crippen molar-refractivity contribution in [3.8, 4) is 23.0 Å². The second kappa shape index (κ2) is 24.5. The number of carbonyl (C=O) groups is 2. The standard InChI is InChI=1S/C19H22N2.2C16H24O4.Ni/c1-13-8-6-9-14(2)18(13)20-12-17(5)21-19-15(3)10-7-11-16(19)4;2*1-8(2)11-7-12(9(3)4)15(20-16(18)19)14(17)13(11)10(5)6;/h6-12H,1-5H3;2*7-10,17H,1-6H3,(H,18,19);/q;;;+2/p-2. The summed E-state index contributed by atoms with van der Waals surface area (Å²) in [7, 11) is 0. The van der Waals surface area contributed by atoms with Crippen molar-refractivity contribution in [2.24, 2.45) is 9.98 Å². The van der Waals surface area contributed by atoms with Crippen LogP contribution in [-0.2, 0) is 16.5 Å². The van der Waals surface area contributed by atoms with Crippen molar-refractivity contribution in [3.05, 3.63) is 104 Å². The van der Waals surface area contributed by atoms with Gasteiger partial charge >= 0.3 is 28.8 Å². The molecule has 0 aromatic heterocycles. The van der Waals surface area contributed by atoms with Crippen LogP contribution in [0.2, 0.25) is 0 Å². The van der Waals surface area contributed by atoms with Gasteiger partial charge in [0.15, 0.2) is 0 Å². The van der Waals surface area contributed by atoms with Gasteiger partial charge in [-0.15, -0.1) is 0 Å². The third-order valence-electron chi connectivity index (χ3n) is 10.2. The summed E-state index contributed by atoms with van der Waals surface area (Å²) in [5.74, 6) is -0.162. The number of aliphatic imine (C=N–C) groups is 2. The summed E-state index contributed by atoms with van der Waals surface area (Å²) in [6.07, 6.45) is -1.05. The van der Waals surface area contributed by atoms with Crippen LogP contribution in [-0.4, -0.2) is 34.5 Å². The van der Waals surface area contributed by atoms with E-state index < -0.39 is 12.3 Å². The van der Waals surface area contributed by atoms with E-state index in [0.29, 0.717) is 22.3 Å². The maximum absolute atomic E-state index is 12.6. The molecule has 10 nitrogen and oxygen atoms in total. The average molecular weight is 896 g/mol. The van der Waals surface area contributed by atoms with E-state index in [9.17, 15) is 19.8 Å². The van der Waals surface area contributed by atoms with Gasteiger partial charge < -0.3 is 29.9 Å². The fraction of sp³-hybridized carbons (Fsp3) is 0.451. The Hall–Kier alpha value is -5.15. The summed E-state index contributed by atoms with van der Waals surface area (Å²) in [6.45, 7) is 33.9. The van der Waals surface area contributed by atoms with Crippen LogP contribution < -0.4 is 19.7 Å². The molecular weight excluding hydrogens is 827 g/mol. The molecule has 0 saturated heterocycles. The molecule has 4 rings (SSSR count). The summed E-state index contributed by atoms with van der Waals surface area (Å²) in [5, 5.41) is 42.9. The number of hydrogen-bond acceptors (Lipinski definition) is 8. The van der Waals surface area contributed by atoms with E-state index in [1.54, 1.807) is 0 Å². The van der Waals surface area contributed by atoms with Crippen LogP contribution in [0.1, 0.15) is 181 Å². The first-order valence-corrected chi connectivity index (χ1v) is 21.1. The van der Waals surface area contributed by atoms with Gasteiger partial charge in [-0.1, -0.05) is 143 Å². The number of ether oxygens (including phenoxy) is 2. The predicted molar refractivity (Wildman–Crippen MR) is 246 cm³/mol. The SMILES string of the molecule is CC(C)c1cc(C(C)C)c(C(C)C)c([O-])c1OC(=O)O.CC(C)c1cc(C(C)C)c(C(C)C)c([O-])c1OC(=O)O.CC(C=Nc1c(C)cccc1C)=Nc1c(C)cccc1C.[Ni+2]. The molecular formula is C51H68N2NiO8. The van der Waals surface area contributed by atoms with Crippen LogP contribution in [0.25, 0.3) is 0 Å². The molecule has 0 saturated carbocycles. The van der Waals surface area contributed by atoms with E-state index in [2.05, 4.69) is 69.1 Å². The van der Waals surface area contributed by atoms with Crippen LogP contribution >= 0.6 is 0 Å². The minimum atomic E-state index is -1.45. The van der Waals surface area contributed by atoms with Gasteiger partial charge in [-0.2, -0.15) is 0 Å². The van der Waals surface area contributed by atoms with Crippen molar-refractivity contribution in [3.63, 3.8) is 0 Å². The Bertz CT molecular complexity index is 2080. The molecule has 0 unspecified atom stereocenters. The van der Waals surface area contributed by atoms with Crippen molar-refractivity contribution in [1.82, 2.24) is 0 Å². The maximum Gasteiger partial charge on any atom is 2.00 e. The molecule has 0 heterocycles. The molecule has 340 valence electrons. The maximum atomic E-state index is 12.6. The zero-order valence-corrected chi connectivity index (χ0v) is 40.7. The van der Waals surface area contributed by atoms with Gasteiger partial charge in [0.2, 0.25) is 0 Å². The summed E-state index contributed by atoms with van der Waals surface area (Å²) >= 11 is 0. The topological polar surface area (TPSA) is 164 Å². The van der Waals surface area contributed by atoms with Crippen LogP contribution in [0.4, 0.5) is 21.0 Å².